The van der Waals surface area contributed by atoms with Gasteiger partial charge >= 0.3 is 12.1 Å². The highest BCUT2D eigenvalue weighted by molar-refractivity contribution is 5.88. The zero-order chi connectivity index (χ0) is 22.9. The number of carbonyl (C=O) groups excluding carboxylic acids is 1. The summed E-state index contributed by atoms with van der Waals surface area (Å²) in [7, 11) is 0. The summed E-state index contributed by atoms with van der Waals surface area (Å²) in [5.74, 6) is -1.06. The lowest BCUT2D eigenvalue weighted by Gasteiger charge is -2.38. The van der Waals surface area contributed by atoms with E-state index in [0.717, 1.165) is 49.7 Å². The highest BCUT2D eigenvalue weighted by atomic mass is 19.1. The van der Waals surface area contributed by atoms with Gasteiger partial charge in [-0.05, 0) is 67.6 Å². The second kappa shape index (κ2) is 9.04. The maximum Gasteiger partial charge on any atom is 0.410 e. The molecule has 2 atom stereocenters. The van der Waals surface area contributed by atoms with Crippen LogP contribution in [-0.4, -0.2) is 40.8 Å². The Hall–Kier alpha value is -3.09. The summed E-state index contributed by atoms with van der Waals surface area (Å²) in [5, 5.41) is 9.23. The van der Waals surface area contributed by atoms with E-state index in [0.29, 0.717) is 12.4 Å². The van der Waals surface area contributed by atoms with Crippen LogP contribution in [0.4, 0.5) is 9.18 Å². The molecule has 2 aromatic carbocycles. The number of amides is 1. The molecule has 33 heavy (non-hydrogen) atoms. The molecule has 3 aliphatic rings. The maximum absolute atomic E-state index is 14.3. The van der Waals surface area contributed by atoms with E-state index in [4.69, 9.17) is 9.47 Å². The molecule has 0 radical (unpaired) electrons. The van der Waals surface area contributed by atoms with Gasteiger partial charge in [0.15, 0.2) is 0 Å². The van der Waals surface area contributed by atoms with Gasteiger partial charge in [-0.1, -0.05) is 30.3 Å². The van der Waals surface area contributed by atoms with Crippen LogP contribution < -0.4 is 4.74 Å². The first-order valence-corrected chi connectivity index (χ1v) is 11.7. The molecule has 0 aromatic heterocycles. The molecule has 2 unspecified atom stereocenters. The van der Waals surface area contributed by atoms with Crippen LogP contribution in [0.1, 0.15) is 65.9 Å². The van der Waals surface area contributed by atoms with Gasteiger partial charge in [0, 0.05) is 18.2 Å². The minimum absolute atomic E-state index is 0.134. The molecule has 2 aromatic rings. The van der Waals surface area contributed by atoms with E-state index >= 15 is 0 Å². The number of carboxylic acids is 1. The van der Waals surface area contributed by atoms with Crippen molar-refractivity contribution in [3.8, 4) is 5.75 Å². The first-order chi connectivity index (χ1) is 16.0. The van der Waals surface area contributed by atoms with Crippen molar-refractivity contribution < 1.29 is 28.6 Å². The van der Waals surface area contributed by atoms with Gasteiger partial charge < -0.3 is 19.5 Å². The average molecular weight is 454 g/mol. The highest BCUT2D eigenvalue weighted by Gasteiger charge is 2.44. The lowest BCUT2D eigenvalue weighted by atomic mass is 9.91. The molecule has 5 rings (SSSR count). The molecule has 2 saturated heterocycles. The maximum atomic E-state index is 14.3. The number of fused-ring (bicyclic) bond motifs is 2. The van der Waals surface area contributed by atoms with Gasteiger partial charge in [0.25, 0.3) is 0 Å². The molecular weight excluding hydrogens is 425 g/mol. The molecule has 2 heterocycles. The lowest BCUT2D eigenvalue weighted by Crippen LogP contribution is -2.47. The van der Waals surface area contributed by atoms with E-state index in [1.165, 1.54) is 12.1 Å². The van der Waals surface area contributed by atoms with Crippen LogP contribution in [-0.2, 0) is 11.3 Å². The van der Waals surface area contributed by atoms with Gasteiger partial charge in [0.05, 0.1) is 12.2 Å². The fourth-order valence-corrected chi connectivity index (χ4v) is 5.30. The van der Waals surface area contributed by atoms with Crippen LogP contribution in [0.25, 0.3) is 0 Å². The number of piperidine rings is 1. The molecule has 6 nitrogen and oxygen atoms in total. The topological polar surface area (TPSA) is 76.1 Å². The standard InChI is InChI=1S/C26H28FNO5/c27-23-13-24(21(18-6-7-18)12-22(23)25(29)30)32-15-17-10-19-8-9-20(11-17)28(19)26(31)33-14-16-4-2-1-3-5-16/h1-5,12-13,17-20H,6-11,14-15H2,(H,29,30). The number of carbonyl (C=O) groups is 2. The lowest BCUT2D eigenvalue weighted by molar-refractivity contribution is 0.0449. The van der Waals surface area contributed by atoms with Crippen molar-refractivity contribution >= 4 is 12.1 Å². The fourth-order valence-electron chi connectivity index (χ4n) is 5.30. The van der Waals surface area contributed by atoms with Gasteiger partial charge in [-0.25, -0.2) is 14.0 Å². The number of ether oxygens (including phenoxy) is 2. The van der Waals surface area contributed by atoms with E-state index in [9.17, 15) is 19.1 Å². The van der Waals surface area contributed by atoms with Crippen molar-refractivity contribution in [3.63, 3.8) is 0 Å². The second-order valence-electron chi connectivity index (χ2n) is 9.43. The van der Waals surface area contributed by atoms with Gasteiger partial charge in [0.1, 0.15) is 18.2 Å². The quantitative estimate of drug-likeness (QED) is 0.611. The molecule has 1 N–H and O–H groups in total. The molecule has 1 aliphatic carbocycles. The molecule has 7 heteroatoms. The molecule has 1 saturated carbocycles. The van der Waals surface area contributed by atoms with E-state index < -0.39 is 11.8 Å². The second-order valence-corrected chi connectivity index (χ2v) is 9.43. The molecular formula is C26H28FNO5. The van der Waals surface area contributed by atoms with Crippen LogP contribution in [0.5, 0.6) is 5.75 Å². The Morgan fingerprint density at radius 1 is 1.03 bits per heavy atom. The molecule has 0 spiro atoms. The third kappa shape index (κ3) is 4.68. The van der Waals surface area contributed by atoms with Crippen LogP contribution >= 0.6 is 0 Å². The van der Waals surface area contributed by atoms with Crippen molar-refractivity contribution in [2.45, 2.75) is 63.1 Å². The predicted octanol–water partition coefficient (Wildman–Crippen LogP) is 5.36. The number of hydrogen-bond acceptors (Lipinski definition) is 4. The predicted molar refractivity (Wildman–Crippen MR) is 119 cm³/mol. The Kier molecular flexibility index (Phi) is 5.96. The summed E-state index contributed by atoms with van der Waals surface area (Å²) in [5.41, 5.74) is 1.46. The molecule has 3 fully saturated rings. The molecule has 2 bridgehead atoms. The summed E-state index contributed by atoms with van der Waals surface area (Å²) in [6.45, 7) is 0.704. The van der Waals surface area contributed by atoms with Crippen LogP contribution in [0, 0.1) is 11.7 Å². The Balaban J connectivity index is 1.19. The summed E-state index contributed by atoms with van der Waals surface area (Å²) in [6.07, 6.45) is 5.24. The van der Waals surface area contributed by atoms with Gasteiger partial charge in [-0.2, -0.15) is 0 Å². The summed E-state index contributed by atoms with van der Waals surface area (Å²) >= 11 is 0. The van der Waals surface area contributed by atoms with Crippen molar-refractivity contribution in [1.82, 2.24) is 4.90 Å². The zero-order valence-electron chi connectivity index (χ0n) is 18.4. The van der Waals surface area contributed by atoms with Gasteiger partial charge in [-0.3, -0.25) is 0 Å². The first kappa shape index (κ1) is 21.7. The summed E-state index contributed by atoms with van der Waals surface area (Å²) < 4.78 is 25.9. The Labute approximate surface area is 192 Å². The van der Waals surface area contributed by atoms with Crippen molar-refractivity contribution in [2.75, 3.05) is 6.61 Å². The van der Waals surface area contributed by atoms with E-state index in [1.54, 1.807) is 0 Å². The number of halogens is 1. The number of rotatable bonds is 7. The normalized spacial score (nSPS) is 23.9. The number of aromatic carboxylic acids is 1. The van der Waals surface area contributed by atoms with E-state index in [-0.39, 0.29) is 42.2 Å². The number of carboxylic acid groups (broad SMARTS) is 1. The molecule has 2 aliphatic heterocycles. The van der Waals surface area contributed by atoms with Crippen LogP contribution in [0.15, 0.2) is 42.5 Å². The van der Waals surface area contributed by atoms with Crippen molar-refractivity contribution in [3.05, 3.63) is 65.0 Å². The van der Waals surface area contributed by atoms with Crippen molar-refractivity contribution in [2.24, 2.45) is 5.92 Å². The highest BCUT2D eigenvalue weighted by Crippen LogP contribution is 2.46. The smallest absolute Gasteiger partial charge is 0.410 e. The van der Waals surface area contributed by atoms with Crippen LogP contribution in [0.2, 0.25) is 0 Å². The third-order valence-electron chi connectivity index (χ3n) is 7.07. The average Bonchev–Trinajstić information content (AvgIpc) is 3.61. The SMILES string of the molecule is O=C(O)c1cc(C2CC2)c(OCC2CC3CCC(C2)N3C(=O)OCc2ccccc2)cc1F. The van der Waals surface area contributed by atoms with E-state index in [1.807, 2.05) is 35.2 Å². The monoisotopic (exact) mass is 453 g/mol. The van der Waals surface area contributed by atoms with E-state index in [2.05, 4.69) is 0 Å². The largest absolute Gasteiger partial charge is 0.493 e. The number of benzene rings is 2. The fraction of sp³-hybridized carbons (Fsp3) is 0.462. The Morgan fingerprint density at radius 3 is 2.36 bits per heavy atom. The van der Waals surface area contributed by atoms with Gasteiger partial charge in [0.2, 0.25) is 0 Å². The zero-order valence-corrected chi connectivity index (χ0v) is 18.4. The summed E-state index contributed by atoms with van der Waals surface area (Å²) in [6, 6.07) is 12.6. The van der Waals surface area contributed by atoms with Crippen LogP contribution in [0.3, 0.4) is 0 Å². The number of nitrogens with zero attached hydrogens (tertiary/aromatic N) is 1. The Morgan fingerprint density at radius 2 is 1.73 bits per heavy atom. The first-order valence-electron chi connectivity index (χ1n) is 11.7. The summed E-state index contributed by atoms with van der Waals surface area (Å²) in [4.78, 5) is 26.0. The van der Waals surface area contributed by atoms with Crippen molar-refractivity contribution in [1.29, 1.82) is 0 Å². The number of hydrogen-bond donors (Lipinski definition) is 1. The molecule has 174 valence electrons. The minimum Gasteiger partial charge on any atom is -0.493 e. The third-order valence-corrected chi connectivity index (χ3v) is 7.07. The molecule has 1 amide bonds. The minimum atomic E-state index is -1.26. The van der Waals surface area contributed by atoms with Gasteiger partial charge in [-0.15, -0.1) is 0 Å². The Bertz CT molecular complexity index is 1020.